The van der Waals surface area contributed by atoms with Crippen LogP contribution in [-0.2, 0) is 25.7 Å². The molecule has 0 saturated carbocycles. The fraction of sp³-hybridized carbons (Fsp3) is 0.280. The summed E-state index contributed by atoms with van der Waals surface area (Å²) in [6.07, 6.45) is 4.00. The first-order chi connectivity index (χ1) is 27.6. The molecule has 0 spiro atoms. The molecular formula is C50H54GeS6. The standard InChI is InChI=1S/C50H54GeS6/c1-11-37-19-15-20-38(12-2)47(37)43-25-18-26-44(48-39(13-3)21-16-22-40(48)14-4)50(43)51(52-54-56-57-55-53-51)49-41(45-33(7)27-31(5)28-34(45)8)23-17-24-42(49)46-35(9)29-32(6)30-36(46)10/h15-30H,11-14H2,1-10H3. The Balaban J connectivity index is 1.77. The van der Waals surface area contributed by atoms with Crippen LogP contribution >= 0.6 is 57.5 Å². The van der Waals surface area contributed by atoms with Gasteiger partial charge in [0, 0.05) is 0 Å². The Morgan fingerprint density at radius 1 is 0.368 bits per heavy atom. The van der Waals surface area contributed by atoms with Crippen LogP contribution in [0, 0.1) is 41.5 Å². The molecule has 0 nitrogen and oxygen atoms in total. The molecule has 57 heavy (non-hydrogen) atoms. The Bertz CT molecular complexity index is 2200. The molecule has 0 aromatic heterocycles. The summed E-state index contributed by atoms with van der Waals surface area (Å²) < 4.78 is 3.20. The normalized spacial score (nSPS) is 14.1. The van der Waals surface area contributed by atoms with Crippen molar-refractivity contribution >= 4 is 77.3 Å². The van der Waals surface area contributed by atoms with E-state index in [-0.39, 0.29) is 0 Å². The Morgan fingerprint density at radius 2 is 0.649 bits per heavy atom. The second-order valence-corrected chi connectivity index (χ2v) is 42.5. The monoisotopic (exact) mass is 920 g/mol. The third-order valence-electron chi connectivity index (χ3n) is 11.6. The minimum absolute atomic E-state index is 0.999. The van der Waals surface area contributed by atoms with E-state index in [0.29, 0.717) is 0 Å². The number of rotatable bonds is 10. The SMILES string of the molecule is CCc1cccc(CC)c1-c1cccc(-c2c(CC)cccc2CC)[c]1[Ge]1([c]2c(-c3c(C)cc(C)cc3C)cccc2-c2c(C)cc(C)cc2C)[S]SSSS[S]1. The summed E-state index contributed by atoms with van der Waals surface area (Å²) in [5, 5.41) is 0. The van der Waals surface area contributed by atoms with E-state index < -0.39 is 11.0 Å². The van der Waals surface area contributed by atoms with Gasteiger partial charge < -0.3 is 0 Å². The van der Waals surface area contributed by atoms with Crippen molar-refractivity contribution in [3.63, 3.8) is 0 Å². The summed E-state index contributed by atoms with van der Waals surface area (Å²) in [4.78, 5) is 0. The van der Waals surface area contributed by atoms with Crippen molar-refractivity contribution < 1.29 is 0 Å². The predicted molar refractivity (Wildman–Crippen MR) is 271 cm³/mol. The summed E-state index contributed by atoms with van der Waals surface area (Å²) in [6.45, 7) is 23.2. The van der Waals surface area contributed by atoms with E-state index in [1.165, 1.54) is 100 Å². The van der Waals surface area contributed by atoms with Crippen molar-refractivity contribution in [1.29, 1.82) is 0 Å². The van der Waals surface area contributed by atoms with Crippen molar-refractivity contribution in [3.05, 3.63) is 153 Å². The van der Waals surface area contributed by atoms with Crippen LogP contribution in [0.4, 0.5) is 0 Å². The number of aryl methyl sites for hydroxylation is 10. The molecule has 7 heteroatoms. The Kier molecular flexibility index (Phi) is 14.1. The first-order valence-electron chi connectivity index (χ1n) is 20.3. The van der Waals surface area contributed by atoms with Crippen LogP contribution in [0.15, 0.2) is 97.1 Å². The first kappa shape index (κ1) is 43.1. The van der Waals surface area contributed by atoms with Crippen LogP contribution in [0.25, 0.3) is 44.5 Å². The van der Waals surface area contributed by atoms with Gasteiger partial charge in [-0.2, -0.15) is 0 Å². The molecule has 1 aliphatic rings. The number of hydrogen-bond donors (Lipinski definition) is 0. The molecule has 0 amide bonds. The average Bonchev–Trinajstić information content (AvgIpc) is 3.46. The van der Waals surface area contributed by atoms with Crippen molar-refractivity contribution in [2.24, 2.45) is 0 Å². The molecule has 0 bridgehead atoms. The molecule has 1 saturated heterocycles. The maximum atomic E-state index is 2.51. The summed E-state index contributed by atoms with van der Waals surface area (Å²) >= 11 is 0. The third kappa shape index (κ3) is 8.24. The summed E-state index contributed by atoms with van der Waals surface area (Å²) in [6, 6.07) is 38.5. The second kappa shape index (κ2) is 18.7. The molecule has 294 valence electrons. The van der Waals surface area contributed by atoms with E-state index in [4.69, 9.17) is 0 Å². The van der Waals surface area contributed by atoms with Gasteiger partial charge >= 0.3 is 369 Å². The molecule has 1 heterocycles. The zero-order chi connectivity index (χ0) is 40.4. The molecule has 1 aliphatic heterocycles. The average molecular weight is 920 g/mol. The molecule has 6 aromatic carbocycles. The molecular weight excluding hydrogens is 866 g/mol. The molecule has 1 fully saturated rings. The molecule has 0 radical (unpaired) electrons. The van der Waals surface area contributed by atoms with Crippen LogP contribution in [0.5, 0.6) is 0 Å². The topological polar surface area (TPSA) is 0 Å². The van der Waals surface area contributed by atoms with Gasteiger partial charge in [0.05, 0.1) is 0 Å². The van der Waals surface area contributed by atoms with Crippen molar-refractivity contribution in [1.82, 2.24) is 0 Å². The van der Waals surface area contributed by atoms with Crippen LogP contribution in [0.3, 0.4) is 0 Å². The van der Waals surface area contributed by atoms with Gasteiger partial charge in [0.25, 0.3) is 0 Å². The van der Waals surface area contributed by atoms with Crippen molar-refractivity contribution in [2.75, 3.05) is 0 Å². The fourth-order valence-electron chi connectivity index (χ4n) is 9.49. The van der Waals surface area contributed by atoms with Crippen LogP contribution in [-0.4, -0.2) is 11.0 Å². The zero-order valence-corrected chi connectivity index (χ0v) is 42.0. The Labute approximate surface area is 366 Å². The van der Waals surface area contributed by atoms with Gasteiger partial charge in [-0.1, -0.05) is 0 Å². The van der Waals surface area contributed by atoms with E-state index >= 15 is 0 Å². The fourth-order valence-corrected chi connectivity index (χ4v) is 71.1. The molecule has 0 atom stereocenters. The minimum atomic E-state index is -3.78. The first-order valence-corrected chi connectivity index (χ1v) is 35.0. The van der Waals surface area contributed by atoms with E-state index in [1.54, 1.807) is 8.79 Å². The molecule has 7 rings (SSSR count). The molecule has 0 aliphatic carbocycles. The van der Waals surface area contributed by atoms with Gasteiger partial charge in [-0.3, -0.25) is 0 Å². The van der Waals surface area contributed by atoms with Gasteiger partial charge in [-0.25, -0.2) is 0 Å². The zero-order valence-electron chi connectivity index (χ0n) is 35.0. The van der Waals surface area contributed by atoms with Crippen LogP contribution in [0.1, 0.15) is 83.3 Å². The number of benzene rings is 6. The van der Waals surface area contributed by atoms with E-state index in [1.807, 2.05) is 39.3 Å². The van der Waals surface area contributed by atoms with E-state index in [0.717, 1.165) is 25.7 Å². The van der Waals surface area contributed by atoms with Gasteiger partial charge in [0.1, 0.15) is 0 Å². The quantitative estimate of drug-likeness (QED) is 0.0985. The van der Waals surface area contributed by atoms with Crippen molar-refractivity contribution in [3.8, 4) is 44.5 Å². The van der Waals surface area contributed by atoms with Gasteiger partial charge in [-0.15, -0.1) is 0 Å². The molecule has 0 unspecified atom stereocenters. The number of hydrogen-bond acceptors (Lipinski definition) is 6. The third-order valence-corrected chi connectivity index (χ3v) is 54.1. The van der Waals surface area contributed by atoms with E-state index in [9.17, 15) is 0 Å². The summed E-state index contributed by atoms with van der Waals surface area (Å²) in [5.41, 5.74) is 25.3. The second-order valence-electron chi connectivity index (χ2n) is 15.4. The summed E-state index contributed by atoms with van der Waals surface area (Å²) in [7, 11) is 8.66. The van der Waals surface area contributed by atoms with Gasteiger partial charge in [0.15, 0.2) is 0 Å². The van der Waals surface area contributed by atoms with Gasteiger partial charge in [0.2, 0.25) is 0 Å². The van der Waals surface area contributed by atoms with Gasteiger partial charge in [-0.05, 0) is 0 Å². The van der Waals surface area contributed by atoms with E-state index in [2.05, 4.69) is 185 Å². The maximum absolute atomic E-state index is 3.78. The van der Waals surface area contributed by atoms with Crippen molar-refractivity contribution in [2.45, 2.75) is 94.9 Å². The Morgan fingerprint density at radius 3 is 0.947 bits per heavy atom. The molecule has 0 N–H and O–H groups in total. The van der Waals surface area contributed by atoms with Crippen LogP contribution < -0.4 is 8.79 Å². The summed E-state index contributed by atoms with van der Waals surface area (Å²) in [5.74, 6) is 0. The predicted octanol–water partition coefficient (Wildman–Crippen LogP) is 16.0. The molecule has 6 aromatic rings. The van der Waals surface area contributed by atoms with Crippen LogP contribution in [0.2, 0.25) is 0 Å². The Hall–Kier alpha value is -2.04.